The molecule has 0 unspecified atom stereocenters. The summed E-state index contributed by atoms with van der Waals surface area (Å²) in [6.07, 6.45) is 5.31. The summed E-state index contributed by atoms with van der Waals surface area (Å²) in [5.74, 6) is 0.660. The van der Waals surface area contributed by atoms with Crippen molar-refractivity contribution < 1.29 is 13.2 Å². The van der Waals surface area contributed by atoms with E-state index in [0.717, 1.165) is 5.82 Å². The standard InChI is InChI=1S/C20H27N5O3S/c1-20(2,3)14-19(26)23-16-4-6-17(7-5-16)29(27,28)25-12-10-24(11-13-25)18-15-21-8-9-22-18/h4-9,15H,10-14H2,1-3H3,(H,23,26). The molecule has 0 aliphatic carbocycles. The highest BCUT2D eigenvalue weighted by Crippen LogP contribution is 2.23. The topological polar surface area (TPSA) is 95.5 Å². The molecule has 0 radical (unpaired) electrons. The van der Waals surface area contributed by atoms with Crippen molar-refractivity contribution in [2.75, 3.05) is 36.4 Å². The molecular formula is C20H27N5O3S. The van der Waals surface area contributed by atoms with Crippen molar-refractivity contribution in [1.29, 1.82) is 0 Å². The zero-order valence-electron chi connectivity index (χ0n) is 17.0. The first-order valence-electron chi connectivity index (χ1n) is 9.56. The van der Waals surface area contributed by atoms with Crippen LogP contribution in [0.2, 0.25) is 0 Å². The van der Waals surface area contributed by atoms with Gasteiger partial charge in [-0.1, -0.05) is 20.8 Å². The summed E-state index contributed by atoms with van der Waals surface area (Å²) in [7, 11) is -3.58. The monoisotopic (exact) mass is 417 g/mol. The number of hydrogen-bond donors (Lipinski definition) is 1. The van der Waals surface area contributed by atoms with Gasteiger partial charge in [-0.25, -0.2) is 13.4 Å². The number of benzene rings is 1. The fourth-order valence-electron chi connectivity index (χ4n) is 3.16. The molecule has 0 atom stereocenters. The summed E-state index contributed by atoms with van der Waals surface area (Å²) in [6, 6.07) is 6.33. The lowest BCUT2D eigenvalue weighted by Gasteiger charge is -2.34. The van der Waals surface area contributed by atoms with Crippen LogP contribution in [0.1, 0.15) is 27.2 Å². The van der Waals surface area contributed by atoms with Crippen LogP contribution in [0.5, 0.6) is 0 Å². The second-order valence-corrected chi connectivity index (χ2v) is 10.2. The third-order valence-electron chi connectivity index (χ3n) is 4.58. The first kappa shape index (κ1) is 21.2. The van der Waals surface area contributed by atoms with Crippen LogP contribution in [0.25, 0.3) is 0 Å². The highest BCUT2D eigenvalue weighted by molar-refractivity contribution is 7.89. The molecular weight excluding hydrogens is 390 g/mol. The number of carbonyl (C=O) groups is 1. The normalized spacial score (nSPS) is 15.9. The molecule has 1 saturated heterocycles. The molecule has 0 bridgehead atoms. The van der Waals surface area contributed by atoms with Crippen LogP contribution in [0.3, 0.4) is 0 Å². The van der Waals surface area contributed by atoms with Crippen molar-refractivity contribution in [2.45, 2.75) is 32.1 Å². The molecule has 1 aliphatic heterocycles. The van der Waals surface area contributed by atoms with Gasteiger partial charge in [0.05, 0.1) is 11.1 Å². The molecule has 156 valence electrons. The number of rotatable bonds is 5. The highest BCUT2D eigenvalue weighted by atomic mass is 32.2. The summed E-state index contributed by atoms with van der Waals surface area (Å²) >= 11 is 0. The van der Waals surface area contributed by atoms with E-state index in [-0.39, 0.29) is 16.2 Å². The van der Waals surface area contributed by atoms with Gasteiger partial charge in [-0.3, -0.25) is 9.78 Å². The number of carbonyl (C=O) groups excluding carboxylic acids is 1. The number of amides is 1. The Bertz CT molecular complexity index is 932. The van der Waals surface area contributed by atoms with Crippen LogP contribution in [0.4, 0.5) is 11.5 Å². The summed E-state index contributed by atoms with van der Waals surface area (Å²) < 4.78 is 27.4. The number of nitrogens with one attached hydrogen (secondary N) is 1. The van der Waals surface area contributed by atoms with Gasteiger partial charge in [0, 0.05) is 50.7 Å². The van der Waals surface area contributed by atoms with Gasteiger partial charge in [-0.05, 0) is 29.7 Å². The Labute approximate surface area is 172 Å². The zero-order chi connectivity index (χ0) is 21.1. The molecule has 1 fully saturated rings. The van der Waals surface area contributed by atoms with E-state index < -0.39 is 10.0 Å². The Balaban J connectivity index is 1.62. The SMILES string of the molecule is CC(C)(C)CC(=O)Nc1ccc(S(=O)(=O)N2CCN(c3cnccn3)CC2)cc1. The first-order valence-corrected chi connectivity index (χ1v) is 11.0. The zero-order valence-corrected chi connectivity index (χ0v) is 17.8. The van der Waals surface area contributed by atoms with E-state index in [0.29, 0.717) is 38.3 Å². The van der Waals surface area contributed by atoms with Crippen molar-refractivity contribution in [3.05, 3.63) is 42.9 Å². The Morgan fingerprint density at radius 2 is 1.72 bits per heavy atom. The van der Waals surface area contributed by atoms with E-state index in [9.17, 15) is 13.2 Å². The summed E-state index contributed by atoms with van der Waals surface area (Å²) in [5, 5.41) is 2.81. The molecule has 1 aliphatic rings. The molecule has 2 aromatic rings. The van der Waals surface area contributed by atoms with Gasteiger partial charge in [-0.2, -0.15) is 4.31 Å². The molecule has 1 amide bonds. The minimum absolute atomic E-state index is 0.0896. The maximum absolute atomic E-state index is 12.9. The van der Waals surface area contributed by atoms with E-state index in [1.807, 2.05) is 25.7 Å². The second kappa shape index (κ2) is 8.46. The van der Waals surface area contributed by atoms with Gasteiger partial charge >= 0.3 is 0 Å². The predicted octanol–water partition coefficient (Wildman–Crippen LogP) is 2.36. The van der Waals surface area contributed by atoms with Gasteiger partial charge in [0.15, 0.2) is 0 Å². The number of nitrogens with zero attached hydrogens (tertiary/aromatic N) is 4. The molecule has 0 spiro atoms. The average molecular weight is 418 g/mol. The third kappa shape index (κ3) is 5.51. The molecule has 2 heterocycles. The maximum atomic E-state index is 12.9. The Morgan fingerprint density at radius 3 is 2.28 bits per heavy atom. The van der Waals surface area contributed by atoms with Crippen molar-refractivity contribution in [3.63, 3.8) is 0 Å². The quantitative estimate of drug-likeness (QED) is 0.802. The Morgan fingerprint density at radius 1 is 1.07 bits per heavy atom. The number of aromatic nitrogens is 2. The highest BCUT2D eigenvalue weighted by Gasteiger charge is 2.29. The smallest absolute Gasteiger partial charge is 0.243 e. The fourth-order valence-corrected chi connectivity index (χ4v) is 4.58. The van der Waals surface area contributed by atoms with Crippen LogP contribution >= 0.6 is 0 Å². The van der Waals surface area contributed by atoms with Crippen LogP contribution < -0.4 is 10.2 Å². The van der Waals surface area contributed by atoms with Crippen molar-refractivity contribution in [3.8, 4) is 0 Å². The fraction of sp³-hybridized carbons (Fsp3) is 0.450. The molecule has 9 heteroatoms. The van der Waals surface area contributed by atoms with Gasteiger partial charge in [0.2, 0.25) is 15.9 Å². The molecule has 1 N–H and O–H groups in total. The summed E-state index contributed by atoms with van der Waals surface area (Å²) in [5.41, 5.74) is 0.478. The van der Waals surface area contributed by atoms with Crippen molar-refractivity contribution in [2.24, 2.45) is 5.41 Å². The molecule has 0 saturated carbocycles. The van der Waals surface area contributed by atoms with Crippen LogP contribution in [0.15, 0.2) is 47.8 Å². The largest absolute Gasteiger partial charge is 0.353 e. The van der Waals surface area contributed by atoms with Crippen LogP contribution in [0, 0.1) is 5.41 Å². The Hall–Kier alpha value is -2.52. The maximum Gasteiger partial charge on any atom is 0.243 e. The van der Waals surface area contributed by atoms with Crippen LogP contribution in [-0.2, 0) is 14.8 Å². The van der Waals surface area contributed by atoms with E-state index in [4.69, 9.17) is 0 Å². The molecule has 29 heavy (non-hydrogen) atoms. The molecule has 1 aromatic heterocycles. The molecule has 1 aromatic carbocycles. The molecule has 3 rings (SSSR count). The third-order valence-corrected chi connectivity index (χ3v) is 6.49. The summed E-state index contributed by atoms with van der Waals surface area (Å²) in [6.45, 7) is 7.84. The van der Waals surface area contributed by atoms with Gasteiger partial charge in [0.25, 0.3) is 0 Å². The lowest BCUT2D eigenvalue weighted by atomic mass is 9.92. The number of anilines is 2. The Kier molecular flexibility index (Phi) is 6.18. The van der Waals surface area contributed by atoms with Crippen molar-refractivity contribution in [1.82, 2.24) is 14.3 Å². The second-order valence-electron chi connectivity index (χ2n) is 8.26. The average Bonchev–Trinajstić information content (AvgIpc) is 2.68. The van der Waals surface area contributed by atoms with E-state index in [2.05, 4.69) is 15.3 Å². The summed E-state index contributed by atoms with van der Waals surface area (Å²) in [4.78, 5) is 22.6. The van der Waals surface area contributed by atoms with E-state index in [1.165, 1.54) is 16.4 Å². The molecule has 8 nitrogen and oxygen atoms in total. The number of hydrogen-bond acceptors (Lipinski definition) is 6. The lowest BCUT2D eigenvalue weighted by molar-refractivity contribution is -0.117. The minimum Gasteiger partial charge on any atom is -0.353 e. The predicted molar refractivity (Wildman–Crippen MR) is 112 cm³/mol. The number of sulfonamides is 1. The lowest BCUT2D eigenvalue weighted by Crippen LogP contribution is -2.48. The van der Waals surface area contributed by atoms with Gasteiger partial charge < -0.3 is 10.2 Å². The van der Waals surface area contributed by atoms with Gasteiger partial charge in [-0.15, -0.1) is 0 Å². The van der Waals surface area contributed by atoms with Crippen molar-refractivity contribution >= 4 is 27.4 Å². The van der Waals surface area contributed by atoms with E-state index in [1.54, 1.807) is 30.7 Å². The van der Waals surface area contributed by atoms with Crippen LogP contribution in [-0.4, -0.2) is 54.8 Å². The first-order chi connectivity index (χ1) is 13.6. The van der Waals surface area contributed by atoms with Gasteiger partial charge in [0.1, 0.15) is 5.82 Å². The minimum atomic E-state index is -3.58. The van der Waals surface area contributed by atoms with E-state index >= 15 is 0 Å². The number of piperazine rings is 1.